The molecule has 0 saturated carbocycles. The first-order chi connectivity index (χ1) is 8.22. The second kappa shape index (κ2) is 5.65. The van der Waals surface area contributed by atoms with E-state index in [1.54, 1.807) is 11.9 Å². The van der Waals surface area contributed by atoms with Gasteiger partial charge in [0, 0.05) is 50.9 Å². The van der Waals surface area contributed by atoms with Crippen molar-refractivity contribution >= 4 is 23.3 Å². The summed E-state index contributed by atoms with van der Waals surface area (Å²) in [7, 11) is 2.11. The quantitative estimate of drug-likeness (QED) is 0.829. The molecule has 1 fully saturated rings. The van der Waals surface area contributed by atoms with E-state index in [9.17, 15) is 0 Å². The second-order valence-electron chi connectivity index (χ2n) is 4.39. The number of anilines is 2. The highest BCUT2D eigenvalue weighted by Crippen LogP contribution is 2.27. The number of hydrogen-bond acceptors (Lipinski definition) is 4. The molecule has 0 aliphatic carbocycles. The molecule has 0 spiro atoms. The van der Waals surface area contributed by atoms with Crippen molar-refractivity contribution < 1.29 is 0 Å². The molecule has 17 heavy (non-hydrogen) atoms. The van der Waals surface area contributed by atoms with Gasteiger partial charge in [-0.25, -0.2) is 0 Å². The Balaban J connectivity index is 2.17. The predicted molar refractivity (Wildman–Crippen MR) is 78.2 cm³/mol. The molecule has 1 aromatic carbocycles. The summed E-state index contributed by atoms with van der Waals surface area (Å²) in [5.41, 5.74) is 4.00. The van der Waals surface area contributed by atoms with E-state index in [0.29, 0.717) is 0 Å². The minimum atomic E-state index is 1.09. The van der Waals surface area contributed by atoms with E-state index in [0.717, 1.165) is 26.2 Å². The number of nitrogens with one attached hydrogen (secondary N) is 1. The zero-order valence-corrected chi connectivity index (χ0v) is 11.7. The Bertz CT molecular complexity index is 375. The predicted octanol–water partition coefficient (Wildman–Crippen LogP) is 2.12. The first-order valence-corrected chi connectivity index (χ1v) is 7.24. The highest BCUT2D eigenvalue weighted by Gasteiger charge is 2.12. The average Bonchev–Trinajstić information content (AvgIpc) is 2.39. The van der Waals surface area contributed by atoms with E-state index >= 15 is 0 Å². The van der Waals surface area contributed by atoms with Gasteiger partial charge in [0.2, 0.25) is 0 Å². The highest BCUT2D eigenvalue weighted by molar-refractivity contribution is 7.99. The molecule has 1 heterocycles. The molecule has 2 rings (SSSR count). The van der Waals surface area contributed by atoms with Crippen LogP contribution in [0.1, 0.15) is 5.56 Å². The van der Waals surface area contributed by atoms with Crippen LogP contribution in [0.2, 0.25) is 0 Å². The third-order valence-corrected chi connectivity index (χ3v) is 4.02. The molecule has 0 bridgehead atoms. The van der Waals surface area contributed by atoms with Gasteiger partial charge in [-0.2, -0.15) is 0 Å². The van der Waals surface area contributed by atoms with Crippen molar-refractivity contribution in [2.45, 2.75) is 6.92 Å². The number of piperazine rings is 1. The maximum absolute atomic E-state index is 3.38. The van der Waals surface area contributed by atoms with Gasteiger partial charge in [-0.1, -0.05) is 11.9 Å². The van der Waals surface area contributed by atoms with Crippen molar-refractivity contribution in [3.8, 4) is 0 Å². The molecule has 0 radical (unpaired) electrons. The summed E-state index contributed by atoms with van der Waals surface area (Å²) in [6.07, 6.45) is 2.10. The van der Waals surface area contributed by atoms with Crippen LogP contribution in [0.5, 0.6) is 0 Å². The third-order valence-electron chi connectivity index (χ3n) is 3.28. The zero-order chi connectivity index (χ0) is 12.3. The topological polar surface area (TPSA) is 18.5 Å². The van der Waals surface area contributed by atoms with E-state index in [1.807, 2.05) is 0 Å². The largest absolute Gasteiger partial charge is 0.369 e. The van der Waals surface area contributed by atoms with Crippen molar-refractivity contribution in [3.05, 3.63) is 23.8 Å². The Labute approximate surface area is 108 Å². The van der Waals surface area contributed by atoms with Crippen molar-refractivity contribution in [1.29, 1.82) is 0 Å². The van der Waals surface area contributed by atoms with Gasteiger partial charge in [0.1, 0.15) is 0 Å². The van der Waals surface area contributed by atoms with Gasteiger partial charge >= 0.3 is 0 Å². The monoisotopic (exact) mass is 251 g/mol. The maximum atomic E-state index is 3.38. The molecule has 0 unspecified atom stereocenters. The molecular formula is C13H21N3S. The molecule has 4 heteroatoms. The first kappa shape index (κ1) is 12.6. The summed E-state index contributed by atoms with van der Waals surface area (Å²) >= 11 is 1.74. The summed E-state index contributed by atoms with van der Waals surface area (Å²) in [5, 5.41) is 3.38. The molecule has 1 N–H and O–H groups in total. The molecule has 94 valence electrons. The van der Waals surface area contributed by atoms with Crippen LogP contribution in [0.3, 0.4) is 0 Å². The van der Waals surface area contributed by atoms with Crippen molar-refractivity contribution in [3.63, 3.8) is 0 Å². The van der Waals surface area contributed by atoms with Gasteiger partial charge in [0.05, 0.1) is 0 Å². The van der Waals surface area contributed by atoms with Gasteiger partial charge in [0.15, 0.2) is 0 Å². The molecule has 1 aliphatic rings. The van der Waals surface area contributed by atoms with Crippen LogP contribution < -0.4 is 14.5 Å². The second-order valence-corrected chi connectivity index (χ2v) is 5.30. The summed E-state index contributed by atoms with van der Waals surface area (Å²) < 4.78 is 2.21. The number of benzene rings is 1. The van der Waals surface area contributed by atoms with Crippen LogP contribution in [0.25, 0.3) is 0 Å². The normalized spacial score (nSPS) is 16.1. The minimum Gasteiger partial charge on any atom is -0.369 e. The number of hydrogen-bond donors (Lipinski definition) is 1. The lowest BCUT2D eigenvalue weighted by atomic mass is 10.1. The number of rotatable bonds is 3. The standard InChI is InChI=1S/C13H21N3S/c1-11-10-12(16-8-6-14-7-9-16)4-5-13(11)15(2)17-3/h4-5,10,14H,6-9H2,1-3H3. The Morgan fingerprint density at radius 3 is 2.59 bits per heavy atom. The fourth-order valence-electron chi connectivity index (χ4n) is 2.21. The first-order valence-electron chi connectivity index (χ1n) is 6.06. The van der Waals surface area contributed by atoms with Gasteiger partial charge in [-0.05, 0) is 30.7 Å². The minimum absolute atomic E-state index is 1.09. The van der Waals surface area contributed by atoms with E-state index in [2.05, 4.69) is 52.9 Å². The average molecular weight is 251 g/mol. The molecular weight excluding hydrogens is 230 g/mol. The Kier molecular flexibility index (Phi) is 4.18. The summed E-state index contributed by atoms with van der Waals surface area (Å²) in [5.74, 6) is 0. The van der Waals surface area contributed by atoms with E-state index in [4.69, 9.17) is 0 Å². The Morgan fingerprint density at radius 2 is 2.00 bits per heavy atom. The zero-order valence-electron chi connectivity index (χ0n) is 10.9. The molecule has 1 aromatic rings. The molecule has 0 aromatic heterocycles. The smallest absolute Gasteiger partial charge is 0.0497 e. The van der Waals surface area contributed by atoms with Gasteiger partial charge in [-0.3, -0.25) is 0 Å². The summed E-state index contributed by atoms with van der Waals surface area (Å²) in [6, 6.07) is 6.76. The molecule has 1 aliphatic heterocycles. The summed E-state index contributed by atoms with van der Waals surface area (Å²) in [6.45, 7) is 6.58. The van der Waals surface area contributed by atoms with Crippen molar-refractivity contribution in [2.24, 2.45) is 0 Å². The lowest BCUT2D eigenvalue weighted by Crippen LogP contribution is -2.43. The van der Waals surface area contributed by atoms with Crippen LogP contribution in [0, 0.1) is 6.92 Å². The lowest BCUT2D eigenvalue weighted by Gasteiger charge is -2.30. The van der Waals surface area contributed by atoms with Crippen molar-refractivity contribution in [1.82, 2.24) is 5.32 Å². The molecule has 3 nitrogen and oxygen atoms in total. The van der Waals surface area contributed by atoms with Gasteiger partial charge in [-0.15, -0.1) is 0 Å². The number of nitrogens with zero attached hydrogens (tertiary/aromatic N) is 2. The van der Waals surface area contributed by atoms with Crippen LogP contribution in [-0.4, -0.2) is 39.5 Å². The third kappa shape index (κ3) is 2.87. The van der Waals surface area contributed by atoms with E-state index in [-0.39, 0.29) is 0 Å². The van der Waals surface area contributed by atoms with Crippen molar-refractivity contribution in [2.75, 3.05) is 48.7 Å². The highest BCUT2D eigenvalue weighted by atomic mass is 32.2. The van der Waals surface area contributed by atoms with Gasteiger partial charge < -0.3 is 14.5 Å². The van der Waals surface area contributed by atoms with E-state index < -0.39 is 0 Å². The van der Waals surface area contributed by atoms with Gasteiger partial charge in [0.25, 0.3) is 0 Å². The number of aryl methyl sites for hydroxylation is 1. The summed E-state index contributed by atoms with van der Waals surface area (Å²) in [4.78, 5) is 2.45. The maximum Gasteiger partial charge on any atom is 0.0497 e. The molecule has 1 saturated heterocycles. The van der Waals surface area contributed by atoms with Crippen LogP contribution in [-0.2, 0) is 0 Å². The Morgan fingerprint density at radius 1 is 1.29 bits per heavy atom. The fourth-order valence-corrected chi connectivity index (χ4v) is 2.61. The van der Waals surface area contributed by atoms with Crippen LogP contribution >= 0.6 is 11.9 Å². The molecule has 0 atom stereocenters. The SMILES string of the molecule is CSN(C)c1ccc(N2CCNCC2)cc1C. The van der Waals surface area contributed by atoms with Crippen LogP contribution in [0.15, 0.2) is 18.2 Å². The Hall–Kier alpha value is -0.870. The molecule has 0 amide bonds. The lowest BCUT2D eigenvalue weighted by molar-refractivity contribution is 0.589. The van der Waals surface area contributed by atoms with E-state index in [1.165, 1.54) is 16.9 Å². The fraction of sp³-hybridized carbons (Fsp3) is 0.538. The van der Waals surface area contributed by atoms with Crippen LogP contribution in [0.4, 0.5) is 11.4 Å².